The molecule has 2 aliphatic rings. The maximum absolute atomic E-state index is 6.72. The average Bonchev–Trinajstić information content (AvgIpc) is 2.28. The second-order valence-electron chi connectivity index (χ2n) is 8.50. The summed E-state index contributed by atoms with van der Waals surface area (Å²) in [5.41, 5.74) is 1.95. The van der Waals surface area contributed by atoms with Crippen LogP contribution < -0.4 is 0 Å². The smallest absolute Gasteiger partial charge is 0.192 e. The molecule has 20 heavy (non-hydrogen) atoms. The number of hydrogen-bond donors (Lipinski definition) is 0. The van der Waals surface area contributed by atoms with Crippen LogP contribution in [0.3, 0.4) is 0 Å². The van der Waals surface area contributed by atoms with Crippen molar-refractivity contribution in [2.75, 3.05) is 0 Å². The van der Waals surface area contributed by atoms with Crippen molar-refractivity contribution in [2.24, 2.45) is 5.41 Å². The molecule has 0 aliphatic heterocycles. The molecule has 2 rings (SSSR count). The summed E-state index contributed by atoms with van der Waals surface area (Å²) in [5.74, 6) is 0. The summed E-state index contributed by atoms with van der Waals surface area (Å²) in [5, 5.41) is 0.301. The molecule has 0 saturated heterocycles. The van der Waals surface area contributed by atoms with Crippen molar-refractivity contribution in [3.63, 3.8) is 0 Å². The fourth-order valence-corrected chi connectivity index (χ4v) is 4.39. The first kappa shape index (κ1) is 16.0. The molecule has 2 aliphatic carbocycles. The third-order valence-electron chi connectivity index (χ3n) is 5.50. The molecule has 0 aromatic heterocycles. The lowest BCUT2D eigenvalue weighted by Crippen LogP contribution is -2.46. The van der Waals surface area contributed by atoms with Crippen LogP contribution in [0.15, 0.2) is 23.8 Å². The van der Waals surface area contributed by atoms with Crippen molar-refractivity contribution in [2.45, 2.75) is 84.0 Å². The van der Waals surface area contributed by atoms with Gasteiger partial charge >= 0.3 is 0 Å². The largest absolute Gasteiger partial charge is 0.410 e. The minimum atomic E-state index is -1.66. The van der Waals surface area contributed by atoms with Crippen molar-refractivity contribution in [1.29, 1.82) is 0 Å². The van der Waals surface area contributed by atoms with Gasteiger partial charge in [0, 0.05) is 0 Å². The van der Waals surface area contributed by atoms with E-state index in [9.17, 15) is 0 Å². The minimum Gasteiger partial charge on any atom is -0.410 e. The molecule has 1 nitrogen and oxygen atoms in total. The average molecular weight is 293 g/mol. The molecule has 2 heteroatoms. The molecule has 2 atom stereocenters. The maximum atomic E-state index is 6.72. The molecule has 1 fully saturated rings. The molecule has 0 aromatic rings. The summed E-state index contributed by atoms with van der Waals surface area (Å²) in [6, 6.07) is 0. The molecule has 0 spiro atoms. The first-order valence-electron chi connectivity index (χ1n) is 8.17. The normalized spacial score (nSPS) is 35.7. The van der Waals surface area contributed by atoms with E-state index in [4.69, 9.17) is 4.43 Å². The molecule has 2 bridgehead atoms. The standard InChI is InChI=1S/C18H32OSi/c1-17(2,3)20(5,6)19-16-11-13-18(4)12-9-7-8-10-15(16)14-18/h9-10,12,16H,7-8,11,13-14H2,1-6H3/b12-9-,15-10+/t16-,18-/m1/s1. The topological polar surface area (TPSA) is 9.23 Å². The van der Waals surface area contributed by atoms with E-state index in [1.54, 1.807) is 5.57 Å². The molecule has 0 unspecified atom stereocenters. The van der Waals surface area contributed by atoms with E-state index in [1.165, 1.54) is 32.1 Å². The van der Waals surface area contributed by atoms with Crippen LogP contribution in [0.25, 0.3) is 0 Å². The van der Waals surface area contributed by atoms with Gasteiger partial charge in [-0.3, -0.25) is 0 Å². The van der Waals surface area contributed by atoms with Crippen LogP contribution in [-0.2, 0) is 4.43 Å². The van der Waals surface area contributed by atoms with Crippen molar-refractivity contribution in [3.05, 3.63) is 23.8 Å². The first-order valence-corrected chi connectivity index (χ1v) is 11.1. The Kier molecular flexibility index (Phi) is 4.37. The van der Waals surface area contributed by atoms with Crippen molar-refractivity contribution in [1.82, 2.24) is 0 Å². The van der Waals surface area contributed by atoms with Gasteiger partial charge in [-0.2, -0.15) is 0 Å². The third kappa shape index (κ3) is 3.45. The molecule has 114 valence electrons. The maximum Gasteiger partial charge on any atom is 0.192 e. The summed E-state index contributed by atoms with van der Waals surface area (Å²) >= 11 is 0. The zero-order valence-corrected chi connectivity index (χ0v) is 15.3. The Hall–Kier alpha value is -0.343. The highest BCUT2D eigenvalue weighted by Crippen LogP contribution is 2.45. The Bertz CT molecular complexity index is 414. The Morgan fingerprint density at radius 2 is 1.95 bits per heavy atom. The van der Waals surface area contributed by atoms with E-state index >= 15 is 0 Å². The Morgan fingerprint density at radius 1 is 1.25 bits per heavy atom. The predicted octanol–water partition coefficient (Wildman–Crippen LogP) is 5.84. The Morgan fingerprint density at radius 3 is 2.60 bits per heavy atom. The lowest BCUT2D eigenvalue weighted by molar-refractivity contribution is 0.147. The van der Waals surface area contributed by atoms with Gasteiger partial charge in [0.2, 0.25) is 0 Å². The summed E-state index contributed by atoms with van der Waals surface area (Å²) < 4.78 is 6.72. The highest BCUT2D eigenvalue weighted by molar-refractivity contribution is 6.74. The van der Waals surface area contributed by atoms with Crippen LogP contribution in [-0.4, -0.2) is 14.4 Å². The molecule has 0 aromatic carbocycles. The van der Waals surface area contributed by atoms with Crippen LogP contribution in [0, 0.1) is 5.41 Å². The van der Waals surface area contributed by atoms with E-state index in [0.29, 0.717) is 16.6 Å². The van der Waals surface area contributed by atoms with E-state index in [0.717, 1.165) is 0 Å². The van der Waals surface area contributed by atoms with Crippen LogP contribution >= 0.6 is 0 Å². The monoisotopic (exact) mass is 292 g/mol. The number of fused-ring (bicyclic) bond motifs is 2. The molecular weight excluding hydrogens is 260 g/mol. The fourth-order valence-electron chi connectivity index (χ4n) is 3.06. The van der Waals surface area contributed by atoms with Gasteiger partial charge in [0.25, 0.3) is 0 Å². The summed E-state index contributed by atoms with van der Waals surface area (Å²) in [4.78, 5) is 0. The zero-order chi connectivity index (χ0) is 15.0. The Balaban J connectivity index is 2.15. The second kappa shape index (κ2) is 5.45. The number of allylic oxidation sites excluding steroid dienone is 3. The van der Waals surface area contributed by atoms with E-state index in [-0.39, 0.29) is 0 Å². The number of hydrogen-bond acceptors (Lipinski definition) is 1. The van der Waals surface area contributed by atoms with E-state index < -0.39 is 8.32 Å². The lowest BCUT2D eigenvalue weighted by Gasteiger charge is -2.44. The molecule has 0 heterocycles. The van der Waals surface area contributed by atoms with Crippen molar-refractivity contribution >= 4 is 8.32 Å². The van der Waals surface area contributed by atoms with Gasteiger partial charge in [0.1, 0.15) is 0 Å². The molecule has 0 N–H and O–H groups in total. The fraction of sp³-hybridized carbons (Fsp3) is 0.778. The molecule has 1 saturated carbocycles. The van der Waals surface area contributed by atoms with Crippen LogP contribution in [0.2, 0.25) is 18.1 Å². The van der Waals surface area contributed by atoms with Crippen LogP contribution in [0.4, 0.5) is 0 Å². The van der Waals surface area contributed by atoms with E-state index in [2.05, 4.69) is 59.0 Å². The van der Waals surface area contributed by atoms with Gasteiger partial charge in [-0.15, -0.1) is 0 Å². The SMILES string of the molecule is CC(C)(C)[Si](C)(C)O[C@@H]1CC[C@@]2(C)/C=C\CC/C=C/1C2. The third-order valence-corrected chi connectivity index (χ3v) is 9.99. The molecule has 0 amide bonds. The summed E-state index contributed by atoms with van der Waals surface area (Å²) in [6.07, 6.45) is 13.7. The van der Waals surface area contributed by atoms with E-state index in [1.807, 2.05) is 0 Å². The summed E-state index contributed by atoms with van der Waals surface area (Å²) in [7, 11) is -1.66. The minimum absolute atomic E-state index is 0.301. The van der Waals surface area contributed by atoms with Crippen LogP contribution in [0.5, 0.6) is 0 Å². The predicted molar refractivity (Wildman–Crippen MR) is 90.5 cm³/mol. The quantitative estimate of drug-likeness (QED) is 0.458. The zero-order valence-electron chi connectivity index (χ0n) is 14.3. The lowest BCUT2D eigenvalue weighted by atomic mass is 9.71. The van der Waals surface area contributed by atoms with Gasteiger partial charge in [0.15, 0.2) is 8.32 Å². The molecular formula is C18H32OSi. The first-order chi connectivity index (χ1) is 9.13. The van der Waals surface area contributed by atoms with Crippen molar-refractivity contribution in [3.8, 4) is 0 Å². The van der Waals surface area contributed by atoms with Gasteiger partial charge in [-0.05, 0) is 61.2 Å². The van der Waals surface area contributed by atoms with Gasteiger partial charge in [-0.25, -0.2) is 0 Å². The van der Waals surface area contributed by atoms with Crippen molar-refractivity contribution < 1.29 is 4.43 Å². The number of rotatable bonds is 2. The van der Waals surface area contributed by atoms with Crippen LogP contribution in [0.1, 0.15) is 59.8 Å². The Labute approximate surface area is 126 Å². The molecule has 0 radical (unpaired) electrons. The highest BCUT2D eigenvalue weighted by Gasteiger charge is 2.42. The summed E-state index contributed by atoms with van der Waals surface area (Å²) in [6.45, 7) is 14.2. The van der Waals surface area contributed by atoms with Gasteiger partial charge in [0.05, 0.1) is 6.10 Å². The van der Waals surface area contributed by atoms with Gasteiger partial charge in [-0.1, -0.05) is 45.9 Å². The van der Waals surface area contributed by atoms with Gasteiger partial charge < -0.3 is 4.43 Å². The second-order valence-corrected chi connectivity index (χ2v) is 13.3. The highest BCUT2D eigenvalue weighted by atomic mass is 28.4.